The molecule has 0 saturated heterocycles. The van der Waals surface area contributed by atoms with Crippen molar-refractivity contribution in [1.82, 2.24) is 0 Å². The van der Waals surface area contributed by atoms with Gasteiger partial charge in [-0.15, -0.1) is 0 Å². The van der Waals surface area contributed by atoms with E-state index in [1.807, 2.05) is 0 Å². The molecule has 1 fully saturated rings. The first-order valence-corrected chi connectivity index (χ1v) is 2.93. The van der Waals surface area contributed by atoms with Crippen molar-refractivity contribution in [3.8, 4) is 0 Å². The highest BCUT2D eigenvalue weighted by Gasteiger charge is 2.74. The van der Waals surface area contributed by atoms with Gasteiger partial charge in [-0.3, -0.25) is 0 Å². The van der Waals surface area contributed by atoms with Crippen LogP contribution in [-0.4, -0.2) is 17.6 Å². The fraction of sp³-hybridized carbons (Fsp3) is 1.00. The van der Waals surface area contributed by atoms with Gasteiger partial charge in [0.05, 0.1) is 12.5 Å². The molecule has 0 heterocycles. The van der Waals surface area contributed by atoms with Gasteiger partial charge in [0, 0.05) is 5.41 Å². The third kappa shape index (κ3) is 0.611. The van der Waals surface area contributed by atoms with E-state index >= 15 is 0 Å². The first kappa shape index (κ1) is 6.93. The van der Waals surface area contributed by atoms with E-state index in [4.69, 9.17) is 5.11 Å². The van der Waals surface area contributed by atoms with Gasteiger partial charge < -0.3 is 5.11 Å². The van der Waals surface area contributed by atoms with Gasteiger partial charge in [-0.25, -0.2) is 8.78 Å². The summed E-state index contributed by atoms with van der Waals surface area (Å²) in [4.78, 5) is 0. The second kappa shape index (κ2) is 1.45. The Morgan fingerprint density at radius 3 is 1.78 bits per heavy atom. The fourth-order valence-electron chi connectivity index (χ4n) is 1.10. The van der Waals surface area contributed by atoms with Crippen LogP contribution in [0.4, 0.5) is 8.78 Å². The number of alkyl halides is 2. The van der Waals surface area contributed by atoms with Gasteiger partial charge in [-0.2, -0.15) is 0 Å². The van der Waals surface area contributed by atoms with E-state index in [9.17, 15) is 8.78 Å². The van der Waals surface area contributed by atoms with E-state index in [0.29, 0.717) is 0 Å². The molecule has 0 aromatic carbocycles. The zero-order valence-electron chi connectivity index (χ0n) is 5.49. The van der Waals surface area contributed by atoms with E-state index in [1.54, 1.807) is 0 Å². The number of rotatable bonds is 1. The summed E-state index contributed by atoms with van der Waals surface area (Å²) in [7, 11) is 0. The maximum atomic E-state index is 12.4. The molecule has 9 heavy (non-hydrogen) atoms. The van der Waals surface area contributed by atoms with Crippen molar-refractivity contribution in [3.63, 3.8) is 0 Å². The molecule has 1 aliphatic carbocycles. The Hall–Kier alpha value is -0.180. The highest BCUT2D eigenvalue weighted by atomic mass is 19.3. The summed E-state index contributed by atoms with van der Waals surface area (Å²) in [5.41, 5.74) is -0.970. The normalized spacial score (nSPS) is 36.3. The van der Waals surface area contributed by atoms with Gasteiger partial charge in [-0.1, -0.05) is 13.8 Å². The average molecular weight is 136 g/mol. The van der Waals surface area contributed by atoms with Crippen LogP contribution in [0.5, 0.6) is 0 Å². The molecular formula is C6H10F2O. The Morgan fingerprint density at radius 2 is 1.78 bits per heavy atom. The molecule has 1 unspecified atom stereocenters. The third-order valence-corrected chi connectivity index (χ3v) is 2.27. The van der Waals surface area contributed by atoms with Crippen molar-refractivity contribution < 1.29 is 13.9 Å². The van der Waals surface area contributed by atoms with Crippen LogP contribution >= 0.6 is 0 Å². The smallest absolute Gasteiger partial charge is 0.259 e. The lowest BCUT2D eigenvalue weighted by Crippen LogP contribution is -1.99. The number of aliphatic hydroxyl groups excluding tert-OH is 1. The van der Waals surface area contributed by atoms with Crippen molar-refractivity contribution in [1.29, 1.82) is 0 Å². The Bertz CT molecular complexity index is 117. The Kier molecular flexibility index (Phi) is 1.12. The summed E-state index contributed by atoms with van der Waals surface area (Å²) >= 11 is 0. The largest absolute Gasteiger partial charge is 0.396 e. The van der Waals surface area contributed by atoms with Crippen LogP contribution in [0.2, 0.25) is 0 Å². The van der Waals surface area contributed by atoms with Crippen molar-refractivity contribution >= 4 is 0 Å². The molecule has 3 heteroatoms. The molecule has 1 N–H and O–H groups in total. The molecule has 0 radical (unpaired) electrons. The van der Waals surface area contributed by atoms with Gasteiger partial charge in [0.2, 0.25) is 0 Å². The fourth-order valence-corrected chi connectivity index (χ4v) is 1.10. The maximum Gasteiger partial charge on any atom is 0.259 e. The van der Waals surface area contributed by atoms with Crippen molar-refractivity contribution in [2.24, 2.45) is 11.3 Å². The van der Waals surface area contributed by atoms with Gasteiger partial charge in [0.1, 0.15) is 0 Å². The standard InChI is InChI=1S/C6H10F2O/c1-5(2)4(3-9)6(5,7)8/h4,9H,3H2,1-2H3. The van der Waals surface area contributed by atoms with Gasteiger partial charge in [-0.05, 0) is 0 Å². The van der Waals surface area contributed by atoms with E-state index in [1.165, 1.54) is 13.8 Å². The van der Waals surface area contributed by atoms with Crippen LogP contribution in [0, 0.1) is 11.3 Å². The predicted molar refractivity (Wildman–Crippen MR) is 29.3 cm³/mol. The maximum absolute atomic E-state index is 12.4. The topological polar surface area (TPSA) is 20.2 Å². The van der Waals surface area contributed by atoms with Crippen molar-refractivity contribution in [2.45, 2.75) is 19.8 Å². The Labute approximate surface area is 52.7 Å². The van der Waals surface area contributed by atoms with Gasteiger partial charge in [0.25, 0.3) is 5.92 Å². The molecule has 0 amide bonds. The lowest BCUT2D eigenvalue weighted by atomic mass is 10.1. The minimum Gasteiger partial charge on any atom is -0.396 e. The molecular weight excluding hydrogens is 126 g/mol. The number of aliphatic hydroxyl groups is 1. The summed E-state index contributed by atoms with van der Waals surface area (Å²) in [5.74, 6) is -3.45. The number of hydrogen-bond donors (Lipinski definition) is 1. The molecule has 0 spiro atoms. The second-order valence-corrected chi connectivity index (χ2v) is 3.08. The van der Waals surface area contributed by atoms with Crippen LogP contribution in [0.1, 0.15) is 13.8 Å². The van der Waals surface area contributed by atoms with Crippen LogP contribution in [0.3, 0.4) is 0 Å². The first-order valence-electron chi connectivity index (χ1n) is 2.93. The summed E-state index contributed by atoms with van der Waals surface area (Å²) in [5, 5.41) is 8.40. The van der Waals surface area contributed by atoms with Gasteiger partial charge in [0.15, 0.2) is 0 Å². The predicted octanol–water partition coefficient (Wildman–Crippen LogP) is 1.27. The lowest BCUT2D eigenvalue weighted by Gasteiger charge is -1.96. The summed E-state index contributed by atoms with van der Waals surface area (Å²) in [6.45, 7) is 2.53. The second-order valence-electron chi connectivity index (χ2n) is 3.08. The van der Waals surface area contributed by atoms with Crippen molar-refractivity contribution in [3.05, 3.63) is 0 Å². The van der Waals surface area contributed by atoms with E-state index in [0.717, 1.165) is 0 Å². The number of halogens is 2. The highest BCUT2D eigenvalue weighted by Crippen LogP contribution is 2.64. The van der Waals surface area contributed by atoms with Crippen LogP contribution in [0.15, 0.2) is 0 Å². The first-order chi connectivity index (χ1) is 3.94. The molecule has 1 saturated carbocycles. The Balaban J connectivity index is 2.66. The molecule has 0 aromatic rings. The minimum atomic E-state index is -2.64. The van der Waals surface area contributed by atoms with Crippen LogP contribution < -0.4 is 0 Å². The zero-order chi connectivity index (χ0) is 7.28. The molecule has 0 aromatic heterocycles. The zero-order valence-corrected chi connectivity index (χ0v) is 5.49. The molecule has 54 valence electrons. The minimum absolute atomic E-state index is 0.403. The third-order valence-electron chi connectivity index (χ3n) is 2.27. The monoisotopic (exact) mass is 136 g/mol. The lowest BCUT2D eigenvalue weighted by molar-refractivity contribution is 0.0592. The van der Waals surface area contributed by atoms with Crippen LogP contribution in [-0.2, 0) is 0 Å². The Morgan fingerprint density at radius 1 is 1.44 bits per heavy atom. The molecule has 1 atom stereocenters. The molecule has 0 bridgehead atoms. The molecule has 0 aliphatic heterocycles. The van der Waals surface area contributed by atoms with E-state index < -0.39 is 23.9 Å². The van der Waals surface area contributed by atoms with Crippen molar-refractivity contribution in [2.75, 3.05) is 6.61 Å². The molecule has 1 rings (SSSR count). The van der Waals surface area contributed by atoms with Gasteiger partial charge >= 0.3 is 0 Å². The SMILES string of the molecule is CC1(C)C(CO)C1(F)F. The van der Waals surface area contributed by atoms with Crippen LogP contribution in [0.25, 0.3) is 0 Å². The number of hydrogen-bond acceptors (Lipinski definition) is 1. The van der Waals surface area contributed by atoms with E-state index in [-0.39, 0.29) is 0 Å². The highest BCUT2D eigenvalue weighted by molar-refractivity contribution is 5.12. The molecule has 1 nitrogen and oxygen atoms in total. The summed E-state index contributed by atoms with van der Waals surface area (Å²) < 4.78 is 24.8. The average Bonchev–Trinajstić information content (AvgIpc) is 2.00. The summed E-state index contributed by atoms with van der Waals surface area (Å²) in [6.07, 6.45) is 0. The quantitative estimate of drug-likeness (QED) is 0.575. The van der Waals surface area contributed by atoms with E-state index in [2.05, 4.69) is 0 Å². The molecule has 1 aliphatic rings. The summed E-state index contributed by atoms with van der Waals surface area (Å²) in [6, 6.07) is 0.